The SMILES string of the molecule is C=C/C(C=NCCC)=C\C=C(/C)CCCCCCN1CCN(C2=CC(C)=CCC=N2)S1. The van der Waals surface area contributed by atoms with E-state index in [1.54, 1.807) is 0 Å². The largest absolute Gasteiger partial charge is 0.293 e. The molecule has 0 bridgehead atoms. The van der Waals surface area contributed by atoms with Gasteiger partial charge in [0.25, 0.3) is 0 Å². The first-order valence-electron chi connectivity index (χ1n) is 11.7. The normalized spacial score (nSPS) is 18.5. The van der Waals surface area contributed by atoms with Crippen LogP contribution in [0.2, 0.25) is 0 Å². The highest BCUT2D eigenvalue weighted by Gasteiger charge is 2.23. The molecule has 0 radical (unpaired) electrons. The summed E-state index contributed by atoms with van der Waals surface area (Å²) in [6.45, 7) is 14.6. The third-order valence-electron chi connectivity index (χ3n) is 5.27. The van der Waals surface area contributed by atoms with Gasteiger partial charge in [-0.2, -0.15) is 0 Å². The van der Waals surface area contributed by atoms with Gasteiger partial charge in [0.05, 0.1) is 0 Å². The van der Waals surface area contributed by atoms with Crippen LogP contribution in [0.3, 0.4) is 0 Å². The highest BCUT2D eigenvalue weighted by atomic mass is 32.2. The van der Waals surface area contributed by atoms with Crippen LogP contribution in [0, 0.1) is 0 Å². The lowest BCUT2D eigenvalue weighted by Crippen LogP contribution is -2.13. The van der Waals surface area contributed by atoms with Crippen molar-refractivity contribution in [1.29, 1.82) is 0 Å². The second-order valence-electron chi connectivity index (χ2n) is 8.19. The average molecular weight is 441 g/mol. The second kappa shape index (κ2) is 15.0. The van der Waals surface area contributed by atoms with E-state index in [0.717, 1.165) is 56.8 Å². The molecule has 2 heterocycles. The fourth-order valence-electron chi connectivity index (χ4n) is 3.38. The summed E-state index contributed by atoms with van der Waals surface area (Å²) in [7, 11) is 0. The van der Waals surface area contributed by atoms with Crippen LogP contribution in [-0.2, 0) is 0 Å². The Labute approximate surface area is 194 Å². The zero-order valence-corrected chi connectivity index (χ0v) is 20.5. The molecule has 0 atom stereocenters. The van der Waals surface area contributed by atoms with Gasteiger partial charge < -0.3 is 0 Å². The molecular formula is C26H40N4S. The molecule has 0 aromatic heterocycles. The molecular weight excluding hydrogens is 400 g/mol. The smallest absolute Gasteiger partial charge is 0.139 e. The van der Waals surface area contributed by atoms with E-state index in [1.165, 1.54) is 36.8 Å². The lowest BCUT2D eigenvalue weighted by Gasteiger charge is -2.18. The Balaban J connectivity index is 1.60. The van der Waals surface area contributed by atoms with Crippen molar-refractivity contribution in [2.24, 2.45) is 9.98 Å². The number of unbranched alkanes of at least 4 members (excludes halogenated alkanes) is 3. The molecule has 0 saturated carbocycles. The van der Waals surface area contributed by atoms with E-state index in [1.807, 2.05) is 30.6 Å². The number of hydrogen-bond donors (Lipinski definition) is 0. The predicted molar refractivity (Wildman–Crippen MR) is 140 cm³/mol. The standard InChI is InChI=1S/C26H40N4S/c1-5-16-27-22-25(6-2)15-14-23(3)12-9-7-8-10-18-29-19-20-30(31-29)26-21-24(4)13-11-17-28-26/h6,13-15,17,21-22H,2,5,7-12,16,18-20H2,1,3-4H3/b23-14+,25-15+,27-22?. The summed E-state index contributed by atoms with van der Waals surface area (Å²) in [6.07, 6.45) is 22.9. The summed E-state index contributed by atoms with van der Waals surface area (Å²) >= 11 is 1.84. The maximum absolute atomic E-state index is 4.62. The molecule has 0 N–H and O–H groups in total. The van der Waals surface area contributed by atoms with Crippen molar-refractivity contribution in [2.45, 2.75) is 65.7 Å². The van der Waals surface area contributed by atoms with Crippen molar-refractivity contribution < 1.29 is 0 Å². The van der Waals surface area contributed by atoms with Gasteiger partial charge in [-0.05, 0) is 51.2 Å². The second-order valence-corrected chi connectivity index (χ2v) is 9.31. The molecule has 0 spiro atoms. The van der Waals surface area contributed by atoms with E-state index in [-0.39, 0.29) is 0 Å². The van der Waals surface area contributed by atoms with Crippen LogP contribution >= 0.6 is 12.1 Å². The maximum Gasteiger partial charge on any atom is 0.139 e. The summed E-state index contributed by atoms with van der Waals surface area (Å²) in [6, 6.07) is 0. The minimum Gasteiger partial charge on any atom is -0.293 e. The van der Waals surface area contributed by atoms with E-state index in [2.05, 4.69) is 70.2 Å². The van der Waals surface area contributed by atoms with E-state index >= 15 is 0 Å². The first-order chi connectivity index (χ1) is 15.1. The predicted octanol–water partition coefficient (Wildman–Crippen LogP) is 6.92. The third-order valence-corrected chi connectivity index (χ3v) is 6.43. The first-order valence-corrected chi connectivity index (χ1v) is 12.5. The Morgan fingerprint density at radius 3 is 2.87 bits per heavy atom. The van der Waals surface area contributed by atoms with Crippen LogP contribution in [-0.4, -0.2) is 47.2 Å². The fourth-order valence-corrected chi connectivity index (χ4v) is 4.38. The lowest BCUT2D eigenvalue weighted by molar-refractivity contribution is 0.462. The topological polar surface area (TPSA) is 31.2 Å². The molecule has 2 rings (SSSR count). The monoisotopic (exact) mass is 440 g/mol. The summed E-state index contributed by atoms with van der Waals surface area (Å²) in [4.78, 5) is 9.01. The molecule has 0 amide bonds. The van der Waals surface area contributed by atoms with Gasteiger partial charge in [0.15, 0.2) is 0 Å². The summed E-state index contributed by atoms with van der Waals surface area (Å²) in [5, 5.41) is 0. The molecule has 170 valence electrons. The van der Waals surface area contributed by atoms with Crippen LogP contribution in [0.15, 0.2) is 69.5 Å². The molecule has 4 nitrogen and oxygen atoms in total. The number of nitrogens with zero attached hydrogens (tertiary/aromatic N) is 4. The van der Waals surface area contributed by atoms with Gasteiger partial charge in [0.1, 0.15) is 5.82 Å². The van der Waals surface area contributed by atoms with Crippen LogP contribution in [0.5, 0.6) is 0 Å². The fraction of sp³-hybridized carbons (Fsp3) is 0.538. The summed E-state index contributed by atoms with van der Waals surface area (Å²) in [5.41, 5.74) is 3.81. The van der Waals surface area contributed by atoms with Gasteiger partial charge in [-0.3, -0.25) is 9.30 Å². The Kier molecular flexibility index (Phi) is 12.3. The van der Waals surface area contributed by atoms with Crippen LogP contribution in [0.25, 0.3) is 0 Å². The molecule has 0 aromatic carbocycles. The zero-order valence-electron chi connectivity index (χ0n) is 19.7. The Hall–Kier alpha value is -1.85. The number of hydrogen-bond acceptors (Lipinski definition) is 5. The van der Waals surface area contributed by atoms with Crippen molar-refractivity contribution in [2.75, 3.05) is 26.2 Å². The minimum atomic E-state index is 0.880. The van der Waals surface area contributed by atoms with Crippen molar-refractivity contribution in [3.05, 3.63) is 59.5 Å². The van der Waals surface area contributed by atoms with E-state index < -0.39 is 0 Å². The molecule has 31 heavy (non-hydrogen) atoms. The minimum absolute atomic E-state index is 0.880. The Morgan fingerprint density at radius 2 is 2.06 bits per heavy atom. The quantitative estimate of drug-likeness (QED) is 0.135. The molecule has 2 aliphatic rings. The van der Waals surface area contributed by atoms with Gasteiger partial charge in [-0.25, -0.2) is 9.30 Å². The Bertz CT molecular complexity index is 743. The van der Waals surface area contributed by atoms with Crippen LogP contribution in [0.4, 0.5) is 0 Å². The number of allylic oxidation sites excluding steroid dienone is 8. The molecule has 1 saturated heterocycles. The van der Waals surface area contributed by atoms with Crippen molar-refractivity contribution >= 4 is 24.6 Å². The van der Waals surface area contributed by atoms with Crippen molar-refractivity contribution in [3.63, 3.8) is 0 Å². The lowest BCUT2D eigenvalue weighted by atomic mass is 10.1. The highest BCUT2D eigenvalue weighted by molar-refractivity contribution is 7.95. The molecule has 1 fully saturated rings. The summed E-state index contributed by atoms with van der Waals surface area (Å²) in [5.74, 6) is 1.09. The number of aliphatic imine (C=N–C) groups is 2. The van der Waals surface area contributed by atoms with Gasteiger partial charge >= 0.3 is 0 Å². The average Bonchev–Trinajstić information content (AvgIpc) is 3.13. The number of rotatable bonds is 13. The summed E-state index contributed by atoms with van der Waals surface area (Å²) < 4.78 is 4.80. The van der Waals surface area contributed by atoms with Crippen LogP contribution in [0.1, 0.15) is 65.7 Å². The van der Waals surface area contributed by atoms with Gasteiger partial charge in [-0.1, -0.05) is 61.8 Å². The van der Waals surface area contributed by atoms with E-state index in [4.69, 9.17) is 0 Å². The van der Waals surface area contributed by atoms with Crippen molar-refractivity contribution in [1.82, 2.24) is 8.61 Å². The molecule has 2 aliphatic heterocycles. The van der Waals surface area contributed by atoms with Crippen LogP contribution < -0.4 is 0 Å². The van der Waals surface area contributed by atoms with Gasteiger partial charge in [0.2, 0.25) is 0 Å². The Morgan fingerprint density at radius 1 is 1.23 bits per heavy atom. The van der Waals surface area contributed by atoms with Crippen molar-refractivity contribution in [3.8, 4) is 0 Å². The van der Waals surface area contributed by atoms with E-state index in [0.29, 0.717) is 0 Å². The maximum atomic E-state index is 4.62. The third kappa shape index (κ3) is 10.3. The molecule has 0 aliphatic carbocycles. The molecule has 5 heteroatoms. The zero-order chi connectivity index (χ0) is 22.3. The first kappa shape index (κ1) is 25.4. The van der Waals surface area contributed by atoms with E-state index in [9.17, 15) is 0 Å². The molecule has 0 aromatic rings. The van der Waals surface area contributed by atoms with Gasteiger partial charge in [0, 0.05) is 57.2 Å². The van der Waals surface area contributed by atoms with Gasteiger partial charge in [-0.15, -0.1) is 0 Å². The molecule has 0 unspecified atom stereocenters. The highest BCUT2D eigenvalue weighted by Crippen LogP contribution is 2.30.